The third-order valence-electron chi connectivity index (χ3n) is 4.27. The first-order valence-electron chi connectivity index (χ1n) is 8.67. The maximum absolute atomic E-state index is 13.1. The van der Waals surface area contributed by atoms with Crippen molar-refractivity contribution in [3.8, 4) is 17.1 Å². The van der Waals surface area contributed by atoms with Gasteiger partial charge in [-0.25, -0.2) is 9.37 Å². The van der Waals surface area contributed by atoms with Crippen molar-refractivity contribution in [1.29, 1.82) is 0 Å². The summed E-state index contributed by atoms with van der Waals surface area (Å²) in [6.07, 6.45) is 4.98. The van der Waals surface area contributed by atoms with Gasteiger partial charge < -0.3 is 9.64 Å². The molecule has 0 bridgehead atoms. The lowest BCUT2D eigenvalue weighted by Crippen LogP contribution is -2.31. The van der Waals surface area contributed by atoms with Crippen molar-refractivity contribution in [2.75, 3.05) is 26.2 Å². The Bertz CT molecular complexity index is 660. The third-order valence-corrected chi connectivity index (χ3v) is 4.27. The van der Waals surface area contributed by atoms with E-state index >= 15 is 0 Å². The molecule has 1 aromatic carbocycles. The van der Waals surface area contributed by atoms with Crippen LogP contribution < -0.4 is 4.74 Å². The summed E-state index contributed by atoms with van der Waals surface area (Å²) in [5.74, 6) is 0.988. The molecule has 0 atom stereocenters. The fourth-order valence-electron chi connectivity index (χ4n) is 3.03. The molecule has 6 heteroatoms. The Kier molecular flexibility index (Phi) is 7.59. The lowest BCUT2D eigenvalue weighted by molar-refractivity contribution is 0.203. The molecule has 0 aliphatic carbocycles. The number of aryl methyl sites for hydroxylation is 1. The summed E-state index contributed by atoms with van der Waals surface area (Å²) in [4.78, 5) is 11.3. The van der Waals surface area contributed by atoms with E-state index in [0.29, 0.717) is 18.3 Å². The highest BCUT2D eigenvalue weighted by atomic mass is 35.5. The van der Waals surface area contributed by atoms with Gasteiger partial charge >= 0.3 is 0 Å². The van der Waals surface area contributed by atoms with Crippen molar-refractivity contribution in [2.24, 2.45) is 0 Å². The Morgan fingerprint density at radius 3 is 2.52 bits per heavy atom. The summed E-state index contributed by atoms with van der Waals surface area (Å²) in [7, 11) is 0. The molecule has 2 heterocycles. The van der Waals surface area contributed by atoms with E-state index in [2.05, 4.69) is 14.9 Å². The number of aromatic nitrogens is 2. The third kappa shape index (κ3) is 5.94. The fourth-order valence-corrected chi connectivity index (χ4v) is 3.03. The van der Waals surface area contributed by atoms with E-state index in [1.807, 2.05) is 13.0 Å². The lowest BCUT2D eigenvalue weighted by atomic mass is 10.1. The van der Waals surface area contributed by atoms with Gasteiger partial charge in [0.1, 0.15) is 11.6 Å². The number of hydrogen-bond acceptors (Lipinski definition) is 4. The smallest absolute Gasteiger partial charge is 0.217 e. The van der Waals surface area contributed by atoms with Crippen LogP contribution in [0, 0.1) is 12.7 Å². The van der Waals surface area contributed by atoms with Gasteiger partial charge in [-0.05, 0) is 63.5 Å². The minimum absolute atomic E-state index is 0. The van der Waals surface area contributed by atoms with Crippen LogP contribution in [0.3, 0.4) is 0 Å². The molecule has 1 aromatic heterocycles. The second kappa shape index (κ2) is 9.68. The Labute approximate surface area is 154 Å². The van der Waals surface area contributed by atoms with Crippen molar-refractivity contribution in [3.63, 3.8) is 0 Å². The maximum Gasteiger partial charge on any atom is 0.217 e. The van der Waals surface area contributed by atoms with E-state index in [1.54, 1.807) is 12.1 Å². The Morgan fingerprint density at radius 1 is 1.08 bits per heavy atom. The average Bonchev–Trinajstić information content (AvgIpc) is 2.60. The van der Waals surface area contributed by atoms with Crippen LogP contribution in [0.15, 0.2) is 30.3 Å². The summed E-state index contributed by atoms with van der Waals surface area (Å²) < 4.78 is 18.9. The second-order valence-electron chi connectivity index (χ2n) is 6.25. The maximum atomic E-state index is 13.1. The highest BCUT2D eigenvalue weighted by Gasteiger charge is 2.10. The Morgan fingerprint density at radius 2 is 1.80 bits per heavy atom. The largest absolute Gasteiger partial charge is 0.478 e. The number of piperidine rings is 1. The summed E-state index contributed by atoms with van der Waals surface area (Å²) in [5.41, 5.74) is 1.62. The molecule has 136 valence electrons. The molecule has 1 saturated heterocycles. The second-order valence-corrected chi connectivity index (χ2v) is 6.25. The van der Waals surface area contributed by atoms with Crippen molar-refractivity contribution in [2.45, 2.75) is 32.6 Å². The van der Waals surface area contributed by atoms with Crippen LogP contribution in [0.4, 0.5) is 4.39 Å². The number of ether oxygens (including phenoxy) is 1. The summed E-state index contributed by atoms with van der Waals surface area (Å²) in [6, 6.07) is 8.13. The van der Waals surface area contributed by atoms with Gasteiger partial charge in [0, 0.05) is 18.2 Å². The van der Waals surface area contributed by atoms with Gasteiger partial charge in [0.25, 0.3) is 0 Å². The normalized spacial score (nSPS) is 14.8. The number of likely N-dealkylation sites (tertiary alicyclic amines) is 1. The molecule has 1 fully saturated rings. The van der Waals surface area contributed by atoms with Gasteiger partial charge in [0.2, 0.25) is 5.88 Å². The van der Waals surface area contributed by atoms with Gasteiger partial charge in [-0.3, -0.25) is 0 Å². The van der Waals surface area contributed by atoms with E-state index in [1.165, 1.54) is 44.5 Å². The SMILES string of the molecule is Cc1nc(OCCCN2CCCCC2)cc(-c2ccc(F)cc2)n1.Cl. The van der Waals surface area contributed by atoms with E-state index in [9.17, 15) is 4.39 Å². The number of hydrogen-bond donors (Lipinski definition) is 0. The summed E-state index contributed by atoms with van der Waals surface area (Å²) >= 11 is 0. The summed E-state index contributed by atoms with van der Waals surface area (Å²) in [6.45, 7) is 5.99. The predicted molar refractivity (Wildman–Crippen MR) is 99.8 cm³/mol. The quantitative estimate of drug-likeness (QED) is 0.716. The zero-order valence-electron chi connectivity index (χ0n) is 14.6. The fraction of sp³-hybridized carbons (Fsp3) is 0.474. The van der Waals surface area contributed by atoms with Crippen LogP contribution in [0.2, 0.25) is 0 Å². The highest BCUT2D eigenvalue weighted by molar-refractivity contribution is 5.85. The topological polar surface area (TPSA) is 38.2 Å². The minimum Gasteiger partial charge on any atom is -0.478 e. The van der Waals surface area contributed by atoms with E-state index < -0.39 is 0 Å². The standard InChI is InChI=1S/C19H24FN3O.ClH/c1-15-21-18(16-6-8-17(20)9-7-16)14-19(22-15)24-13-5-12-23-10-3-2-4-11-23;/h6-9,14H,2-5,10-13H2,1H3;1H. The average molecular weight is 366 g/mol. The predicted octanol–water partition coefficient (Wildman–Crippen LogP) is 4.27. The molecular weight excluding hydrogens is 341 g/mol. The van der Waals surface area contributed by atoms with Crippen molar-refractivity contribution in [3.05, 3.63) is 42.0 Å². The van der Waals surface area contributed by atoms with Crippen LogP contribution in [0.25, 0.3) is 11.3 Å². The Balaban J connectivity index is 0.00000225. The molecule has 4 nitrogen and oxygen atoms in total. The van der Waals surface area contributed by atoms with Crippen molar-refractivity contribution >= 4 is 12.4 Å². The lowest BCUT2D eigenvalue weighted by Gasteiger charge is -2.26. The van der Waals surface area contributed by atoms with Crippen molar-refractivity contribution < 1.29 is 9.13 Å². The van der Waals surface area contributed by atoms with Crippen molar-refractivity contribution in [1.82, 2.24) is 14.9 Å². The van der Waals surface area contributed by atoms with Gasteiger partial charge in [-0.15, -0.1) is 12.4 Å². The first-order valence-corrected chi connectivity index (χ1v) is 8.67. The molecule has 0 unspecified atom stereocenters. The highest BCUT2D eigenvalue weighted by Crippen LogP contribution is 2.21. The van der Waals surface area contributed by atoms with Crippen LogP contribution in [0.5, 0.6) is 5.88 Å². The number of rotatable bonds is 6. The van der Waals surface area contributed by atoms with Gasteiger partial charge in [-0.1, -0.05) is 6.42 Å². The molecule has 1 aliphatic rings. The molecule has 0 amide bonds. The van der Waals surface area contributed by atoms with Gasteiger partial charge in [0.15, 0.2) is 0 Å². The monoisotopic (exact) mass is 365 g/mol. The molecular formula is C19H25ClFN3O. The van der Waals surface area contributed by atoms with E-state index in [-0.39, 0.29) is 18.2 Å². The molecule has 0 spiro atoms. The number of benzene rings is 1. The van der Waals surface area contributed by atoms with Crippen LogP contribution in [0.1, 0.15) is 31.5 Å². The molecule has 0 saturated carbocycles. The van der Waals surface area contributed by atoms with E-state index in [0.717, 1.165) is 24.2 Å². The van der Waals surface area contributed by atoms with Gasteiger partial charge in [0.05, 0.1) is 12.3 Å². The molecule has 2 aromatic rings. The Hall–Kier alpha value is -1.72. The van der Waals surface area contributed by atoms with Gasteiger partial charge in [-0.2, -0.15) is 4.98 Å². The van der Waals surface area contributed by atoms with E-state index in [4.69, 9.17) is 4.74 Å². The zero-order valence-corrected chi connectivity index (χ0v) is 15.4. The molecule has 0 radical (unpaired) electrons. The first-order chi connectivity index (χ1) is 11.7. The molecule has 3 rings (SSSR count). The molecule has 25 heavy (non-hydrogen) atoms. The minimum atomic E-state index is -0.251. The van der Waals surface area contributed by atoms with Crippen LogP contribution in [-0.4, -0.2) is 41.1 Å². The molecule has 1 aliphatic heterocycles. The number of nitrogens with zero attached hydrogens (tertiary/aromatic N) is 3. The zero-order chi connectivity index (χ0) is 16.8. The first kappa shape index (κ1) is 19.6. The number of halogens is 2. The van der Waals surface area contributed by atoms with Crippen LogP contribution in [-0.2, 0) is 0 Å². The summed E-state index contributed by atoms with van der Waals surface area (Å²) in [5, 5.41) is 0. The molecule has 0 N–H and O–H groups in total. The van der Waals surface area contributed by atoms with Crippen LogP contribution >= 0.6 is 12.4 Å².